The Bertz CT molecular complexity index is 314. The molecule has 0 aliphatic carbocycles. The van der Waals surface area contributed by atoms with Crippen LogP contribution in [0.25, 0.3) is 0 Å². The minimum atomic E-state index is -3.50. The Kier molecular flexibility index (Phi) is 7.63. The number of nitrogens with two attached hydrogens (primary N) is 1. The molecule has 0 aromatic heterocycles. The molecule has 0 spiro atoms. The Hall–Kier alpha value is 0.560. The average molecular weight is 213 g/mol. The molecule has 1 aromatic carbocycles. The van der Waals surface area contributed by atoms with Gasteiger partial charge in [-0.15, -0.1) is 0 Å². The maximum Gasteiger partial charge on any atom is 1.00 e. The zero-order chi connectivity index (χ0) is 7.61. The zero-order valence-corrected chi connectivity index (χ0v) is 10.7. The molecule has 0 radical (unpaired) electrons. The van der Waals surface area contributed by atoms with Gasteiger partial charge in [-0.1, -0.05) is 18.2 Å². The SMILES string of the molecule is NS(=O)(=O)c1ccccc1.[Na+].[PH2-]. The largest absolute Gasteiger partial charge is 1.00 e. The van der Waals surface area contributed by atoms with Crippen LogP contribution in [0.3, 0.4) is 0 Å². The van der Waals surface area contributed by atoms with Gasteiger partial charge in [0.15, 0.2) is 0 Å². The molecule has 0 aliphatic rings. The monoisotopic (exact) mass is 213 g/mol. The van der Waals surface area contributed by atoms with Crippen LogP contribution in [-0.4, -0.2) is 8.42 Å². The van der Waals surface area contributed by atoms with Crippen molar-refractivity contribution in [3.8, 4) is 0 Å². The molecular formula is C6H9NNaO2PS. The van der Waals surface area contributed by atoms with Crippen molar-refractivity contribution in [1.29, 1.82) is 0 Å². The average Bonchev–Trinajstić information content (AvgIpc) is 1.88. The van der Waals surface area contributed by atoms with Crippen molar-refractivity contribution in [2.24, 2.45) is 5.14 Å². The van der Waals surface area contributed by atoms with Crippen LogP contribution < -0.4 is 34.7 Å². The molecule has 1 rings (SSSR count). The summed E-state index contributed by atoms with van der Waals surface area (Å²) < 4.78 is 21.2. The van der Waals surface area contributed by atoms with Crippen LogP contribution in [0.4, 0.5) is 0 Å². The fourth-order valence-electron chi connectivity index (χ4n) is 0.610. The van der Waals surface area contributed by atoms with Gasteiger partial charge in [0.2, 0.25) is 10.0 Å². The van der Waals surface area contributed by atoms with Crippen LogP contribution >= 0.6 is 9.90 Å². The Morgan fingerprint density at radius 2 is 1.50 bits per heavy atom. The van der Waals surface area contributed by atoms with E-state index in [1.807, 2.05) is 0 Å². The zero-order valence-electron chi connectivity index (χ0n) is 6.77. The van der Waals surface area contributed by atoms with Gasteiger partial charge in [-0.3, -0.25) is 0 Å². The Morgan fingerprint density at radius 1 is 1.08 bits per heavy atom. The van der Waals surface area contributed by atoms with E-state index >= 15 is 0 Å². The molecule has 0 atom stereocenters. The first kappa shape index (κ1) is 15.1. The third-order valence-electron chi connectivity index (χ3n) is 1.07. The second-order valence-electron chi connectivity index (χ2n) is 1.86. The predicted molar refractivity (Wildman–Crippen MR) is 47.5 cm³/mol. The van der Waals surface area contributed by atoms with E-state index in [2.05, 4.69) is 0 Å². The quantitative estimate of drug-likeness (QED) is 0.420. The van der Waals surface area contributed by atoms with Crippen LogP contribution in [0.15, 0.2) is 35.2 Å². The van der Waals surface area contributed by atoms with E-state index in [0.29, 0.717) is 0 Å². The third kappa shape index (κ3) is 4.55. The molecule has 0 amide bonds. The predicted octanol–water partition coefficient (Wildman–Crippen LogP) is -2.34. The van der Waals surface area contributed by atoms with Crippen molar-refractivity contribution in [3.05, 3.63) is 30.3 Å². The van der Waals surface area contributed by atoms with E-state index in [4.69, 9.17) is 5.14 Å². The van der Waals surface area contributed by atoms with Gasteiger partial charge in [0.05, 0.1) is 4.90 Å². The minimum Gasteiger partial charge on any atom is -0.577 e. The second-order valence-corrected chi connectivity index (χ2v) is 3.42. The number of rotatable bonds is 1. The van der Waals surface area contributed by atoms with Crippen molar-refractivity contribution in [3.63, 3.8) is 0 Å². The number of sulfonamides is 1. The third-order valence-corrected chi connectivity index (χ3v) is 2.00. The first-order valence-corrected chi connectivity index (χ1v) is 4.23. The maximum absolute atomic E-state index is 10.6. The van der Waals surface area contributed by atoms with Crippen molar-refractivity contribution in [1.82, 2.24) is 0 Å². The Balaban J connectivity index is 0. The number of benzene rings is 1. The normalized spacial score (nSPS) is 9.42. The summed E-state index contributed by atoms with van der Waals surface area (Å²) in [6.07, 6.45) is 0. The van der Waals surface area contributed by atoms with Crippen LogP contribution in [0, 0.1) is 0 Å². The molecule has 0 saturated carbocycles. The summed E-state index contributed by atoms with van der Waals surface area (Å²) in [6.45, 7) is 0. The molecule has 0 fully saturated rings. The summed E-state index contributed by atoms with van der Waals surface area (Å²) in [5.41, 5.74) is 0. The van der Waals surface area contributed by atoms with E-state index in [1.54, 1.807) is 18.2 Å². The molecule has 12 heavy (non-hydrogen) atoms. The maximum atomic E-state index is 10.6. The second kappa shape index (κ2) is 6.08. The molecule has 1 aromatic rings. The minimum absolute atomic E-state index is 0. The van der Waals surface area contributed by atoms with Crippen molar-refractivity contribution >= 4 is 19.9 Å². The summed E-state index contributed by atoms with van der Waals surface area (Å²) in [4.78, 5) is 0.148. The molecule has 6 heteroatoms. The van der Waals surface area contributed by atoms with E-state index in [0.717, 1.165) is 0 Å². The van der Waals surface area contributed by atoms with Gasteiger partial charge in [0, 0.05) is 0 Å². The molecular weight excluding hydrogens is 204 g/mol. The first-order valence-electron chi connectivity index (χ1n) is 2.68. The van der Waals surface area contributed by atoms with Gasteiger partial charge < -0.3 is 9.90 Å². The van der Waals surface area contributed by atoms with Crippen molar-refractivity contribution in [2.75, 3.05) is 0 Å². The molecule has 0 heterocycles. The van der Waals surface area contributed by atoms with Crippen LogP contribution in [0.2, 0.25) is 0 Å². The van der Waals surface area contributed by atoms with Gasteiger partial charge in [-0.25, -0.2) is 13.6 Å². The number of hydrogen-bond acceptors (Lipinski definition) is 2. The number of primary sulfonamides is 1. The van der Waals surface area contributed by atoms with Gasteiger partial charge in [-0.05, 0) is 12.1 Å². The van der Waals surface area contributed by atoms with Gasteiger partial charge in [-0.2, -0.15) is 0 Å². The van der Waals surface area contributed by atoms with Crippen LogP contribution in [-0.2, 0) is 10.0 Å². The summed E-state index contributed by atoms with van der Waals surface area (Å²) in [7, 11) is -3.50. The van der Waals surface area contributed by atoms with Crippen molar-refractivity contribution in [2.45, 2.75) is 4.90 Å². The van der Waals surface area contributed by atoms with E-state index in [9.17, 15) is 8.42 Å². The summed E-state index contributed by atoms with van der Waals surface area (Å²) in [5.74, 6) is 0. The molecule has 0 bridgehead atoms. The summed E-state index contributed by atoms with van der Waals surface area (Å²) >= 11 is 0. The van der Waals surface area contributed by atoms with Crippen LogP contribution in [0.1, 0.15) is 0 Å². The van der Waals surface area contributed by atoms with E-state index < -0.39 is 10.0 Å². The Morgan fingerprint density at radius 3 is 1.75 bits per heavy atom. The Labute approximate surface area is 97.7 Å². The molecule has 0 saturated heterocycles. The van der Waals surface area contributed by atoms with E-state index in [-0.39, 0.29) is 44.4 Å². The summed E-state index contributed by atoms with van der Waals surface area (Å²) in [5, 5.41) is 4.83. The first-order chi connectivity index (χ1) is 4.61. The fraction of sp³-hybridized carbons (Fsp3) is 0. The van der Waals surface area contributed by atoms with Crippen LogP contribution in [0.5, 0.6) is 0 Å². The topological polar surface area (TPSA) is 60.2 Å². The smallest absolute Gasteiger partial charge is 0.577 e. The van der Waals surface area contributed by atoms with E-state index in [1.165, 1.54) is 12.1 Å². The molecule has 0 unspecified atom stereocenters. The van der Waals surface area contributed by atoms with Gasteiger partial charge >= 0.3 is 29.6 Å². The number of hydrogen-bond donors (Lipinski definition) is 1. The molecule has 62 valence electrons. The molecule has 0 aliphatic heterocycles. The molecule has 2 N–H and O–H groups in total. The standard InChI is InChI=1S/C6H7NO2S.Na.H2P/c7-10(8,9)6-4-2-1-3-5-6;;/h1-5H,(H2,7,8,9);;1H2/q;+1;-1. The fourth-order valence-corrected chi connectivity index (χ4v) is 1.15. The van der Waals surface area contributed by atoms with Gasteiger partial charge in [0.25, 0.3) is 0 Å². The van der Waals surface area contributed by atoms with Gasteiger partial charge in [0.1, 0.15) is 0 Å². The summed E-state index contributed by atoms with van der Waals surface area (Å²) in [6, 6.07) is 7.89. The molecule has 3 nitrogen and oxygen atoms in total. The van der Waals surface area contributed by atoms with Crippen molar-refractivity contribution < 1.29 is 38.0 Å².